The molecule has 1 saturated carbocycles. The second kappa shape index (κ2) is 6.42. The van der Waals surface area contributed by atoms with Crippen LogP contribution < -0.4 is 0 Å². The van der Waals surface area contributed by atoms with Crippen molar-refractivity contribution in [3.63, 3.8) is 0 Å². The number of hydrogen-bond acceptors (Lipinski definition) is 1. The summed E-state index contributed by atoms with van der Waals surface area (Å²) in [6, 6.07) is 8.73. The van der Waals surface area contributed by atoms with Gasteiger partial charge in [-0.2, -0.15) is 0 Å². The Morgan fingerprint density at radius 2 is 1.76 bits per heavy atom. The maximum absolute atomic E-state index is 9.50. The largest absolute Gasteiger partial charge is 0.392 e. The molecule has 1 N–H and O–H groups in total. The summed E-state index contributed by atoms with van der Waals surface area (Å²) in [5, 5.41) is 9.50. The molecule has 1 aliphatic carbocycles. The molecule has 0 spiro atoms. The van der Waals surface area contributed by atoms with Gasteiger partial charge in [-0.3, -0.25) is 0 Å². The summed E-state index contributed by atoms with van der Waals surface area (Å²) in [5.74, 6) is 1.07. The van der Waals surface area contributed by atoms with Gasteiger partial charge in [-0.25, -0.2) is 0 Å². The van der Waals surface area contributed by atoms with Gasteiger partial charge in [0.05, 0.1) is 6.10 Å². The number of alkyl halides is 1. The topological polar surface area (TPSA) is 20.2 Å². The highest BCUT2D eigenvalue weighted by Gasteiger charge is 2.15. The minimum atomic E-state index is -0.419. The monoisotopic (exact) mass is 252 g/mol. The molecule has 0 aromatic heterocycles. The molecule has 1 unspecified atom stereocenters. The highest BCUT2D eigenvalue weighted by molar-refractivity contribution is 6.18. The summed E-state index contributed by atoms with van der Waals surface area (Å²) in [7, 11) is 0. The van der Waals surface area contributed by atoms with Crippen LogP contribution in [0.25, 0.3) is 0 Å². The second-order valence-corrected chi connectivity index (χ2v) is 5.40. The van der Waals surface area contributed by atoms with E-state index in [1.54, 1.807) is 0 Å². The molecular formula is C15H21ClO. The summed E-state index contributed by atoms with van der Waals surface area (Å²) in [6.45, 7) is 0. The summed E-state index contributed by atoms with van der Waals surface area (Å²) in [6.07, 6.45) is 7.06. The number of aliphatic hydroxyl groups excluding tert-OH is 1. The second-order valence-electron chi connectivity index (χ2n) is 5.09. The highest BCUT2D eigenvalue weighted by Crippen LogP contribution is 2.32. The van der Waals surface area contributed by atoms with Crippen molar-refractivity contribution in [2.45, 2.75) is 50.5 Å². The summed E-state index contributed by atoms with van der Waals surface area (Å²) in [4.78, 5) is 0. The van der Waals surface area contributed by atoms with Crippen molar-refractivity contribution in [2.24, 2.45) is 0 Å². The Morgan fingerprint density at radius 1 is 1.12 bits per heavy atom. The van der Waals surface area contributed by atoms with E-state index in [1.807, 2.05) is 0 Å². The van der Waals surface area contributed by atoms with Gasteiger partial charge in [0, 0.05) is 5.88 Å². The Labute approximate surface area is 109 Å². The van der Waals surface area contributed by atoms with E-state index in [1.165, 1.54) is 43.2 Å². The molecule has 1 nitrogen and oxygen atoms in total. The van der Waals surface area contributed by atoms with E-state index in [4.69, 9.17) is 11.6 Å². The predicted octanol–water partition coefficient (Wildman–Crippen LogP) is 3.88. The maximum atomic E-state index is 9.50. The molecule has 1 aromatic rings. The van der Waals surface area contributed by atoms with Crippen LogP contribution >= 0.6 is 11.6 Å². The van der Waals surface area contributed by atoms with Crippen LogP contribution in [0.2, 0.25) is 0 Å². The van der Waals surface area contributed by atoms with Crippen molar-refractivity contribution in [3.05, 3.63) is 35.4 Å². The molecule has 0 aliphatic heterocycles. The molecule has 0 bridgehead atoms. The van der Waals surface area contributed by atoms with Crippen LogP contribution in [-0.2, 0) is 6.42 Å². The van der Waals surface area contributed by atoms with Gasteiger partial charge in [-0.1, -0.05) is 43.5 Å². The van der Waals surface area contributed by atoms with Crippen molar-refractivity contribution in [2.75, 3.05) is 5.88 Å². The zero-order chi connectivity index (χ0) is 12.1. The van der Waals surface area contributed by atoms with Crippen molar-refractivity contribution in [1.29, 1.82) is 0 Å². The van der Waals surface area contributed by atoms with Crippen LogP contribution in [-0.4, -0.2) is 17.1 Å². The first kappa shape index (κ1) is 12.9. The number of hydrogen-bond donors (Lipinski definition) is 1. The summed E-state index contributed by atoms with van der Waals surface area (Å²) >= 11 is 5.60. The van der Waals surface area contributed by atoms with Crippen molar-refractivity contribution >= 4 is 11.6 Å². The highest BCUT2D eigenvalue weighted by atomic mass is 35.5. The summed E-state index contributed by atoms with van der Waals surface area (Å²) < 4.78 is 0. The van der Waals surface area contributed by atoms with Crippen molar-refractivity contribution in [3.8, 4) is 0 Å². The molecular weight excluding hydrogens is 232 g/mol. The lowest BCUT2D eigenvalue weighted by Crippen LogP contribution is -2.12. The third-order valence-corrected chi connectivity index (χ3v) is 4.06. The van der Waals surface area contributed by atoms with Crippen LogP contribution in [0.4, 0.5) is 0 Å². The Bertz CT molecular complexity index is 327. The van der Waals surface area contributed by atoms with E-state index in [0.29, 0.717) is 12.3 Å². The van der Waals surface area contributed by atoms with Crippen LogP contribution in [0.15, 0.2) is 24.3 Å². The number of rotatable bonds is 4. The minimum Gasteiger partial charge on any atom is -0.392 e. The van der Waals surface area contributed by atoms with Crippen LogP contribution in [0, 0.1) is 0 Å². The maximum Gasteiger partial charge on any atom is 0.0715 e. The fraction of sp³-hybridized carbons (Fsp3) is 0.600. The Kier molecular flexibility index (Phi) is 4.87. The zero-order valence-corrected chi connectivity index (χ0v) is 11.0. The Balaban J connectivity index is 1.97. The van der Waals surface area contributed by atoms with E-state index in [2.05, 4.69) is 24.3 Å². The quantitative estimate of drug-likeness (QED) is 0.807. The van der Waals surface area contributed by atoms with E-state index in [-0.39, 0.29) is 0 Å². The molecule has 0 amide bonds. The van der Waals surface area contributed by atoms with Gasteiger partial charge in [0.1, 0.15) is 0 Å². The first-order valence-corrected chi connectivity index (χ1v) is 7.16. The Morgan fingerprint density at radius 3 is 2.35 bits per heavy atom. The van der Waals surface area contributed by atoms with E-state index in [9.17, 15) is 5.11 Å². The average Bonchev–Trinajstić information content (AvgIpc) is 2.40. The van der Waals surface area contributed by atoms with Gasteiger partial charge in [-0.15, -0.1) is 11.6 Å². The SMILES string of the molecule is OC(CCl)Cc1ccc(C2CCCCC2)cc1. The molecule has 94 valence electrons. The van der Waals surface area contributed by atoms with E-state index in [0.717, 1.165) is 5.92 Å². The first-order valence-electron chi connectivity index (χ1n) is 6.62. The zero-order valence-electron chi connectivity index (χ0n) is 10.2. The third kappa shape index (κ3) is 3.72. The molecule has 0 radical (unpaired) electrons. The fourth-order valence-electron chi connectivity index (χ4n) is 2.69. The van der Waals surface area contributed by atoms with Crippen LogP contribution in [0.1, 0.15) is 49.1 Å². The van der Waals surface area contributed by atoms with Gasteiger partial charge in [-0.05, 0) is 36.3 Å². The van der Waals surface area contributed by atoms with Crippen LogP contribution in [0.3, 0.4) is 0 Å². The lowest BCUT2D eigenvalue weighted by molar-refractivity contribution is 0.199. The lowest BCUT2D eigenvalue weighted by Gasteiger charge is -2.22. The van der Waals surface area contributed by atoms with E-state index < -0.39 is 6.10 Å². The van der Waals surface area contributed by atoms with Crippen molar-refractivity contribution in [1.82, 2.24) is 0 Å². The van der Waals surface area contributed by atoms with Crippen molar-refractivity contribution < 1.29 is 5.11 Å². The van der Waals surface area contributed by atoms with Gasteiger partial charge < -0.3 is 5.11 Å². The number of halogens is 1. The minimum absolute atomic E-state index is 0.310. The van der Waals surface area contributed by atoms with Gasteiger partial charge in [0.25, 0.3) is 0 Å². The standard InChI is InChI=1S/C15H21ClO/c16-11-15(17)10-12-6-8-14(9-7-12)13-4-2-1-3-5-13/h6-9,13,15,17H,1-5,10-11H2. The molecule has 1 fully saturated rings. The molecule has 0 heterocycles. The van der Waals surface area contributed by atoms with Gasteiger partial charge in [0.2, 0.25) is 0 Å². The number of aliphatic hydroxyl groups is 1. The average molecular weight is 253 g/mol. The molecule has 1 aromatic carbocycles. The van der Waals surface area contributed by atoms with Gasteiger partial charge in [0.15, 0.2) is 0 Å². The molecule has 0 saturated heterocycles. The van der Waals surface area contributed by atoms with Crippen LogP contribution in [0.5, 0.6) is 0 Å². The molecule has 1 aliphatic rings. The smallest absolute Gasteiger partial charge is 0.0715 e. The normalized spacial score (nSPS) is 19.2. The molecule has 17 heavy (non-hydrogen) atoms. The lowest BCUT2D eigenvalue weighted by atomic mass is 9.84. The molecule has 2 heteroatoms. The first-order chi connectivity index (χ1) is 8.29. The van der Waals surface area contributed by atoms with Gasteiger partial charge >= 0.3 is 0 Å². The van der Waals surface area contributed by atoms with E-state index >= 15 is 0 Å². The Hall–Kier alpha value is -0.530. The molecule has 2 rings (SSSR count). The predicted molar refractivity (Wildman–Crippen MR) is 72.7 cm³/mol. The summed E-state index contributed by atoms with van der Waals surface area (Å²) in [5.41, 5.74) is 2.64. The number of benzene rings is 1. The molecule has 1 atom stereocenters. The third-order valence-electron chi connectivity index (χ3n) is 3.71. The fourth-order valence-corrected chi connectivity index (χ4v) is 2.80.